The molecule has 1 aromatic heterocycles. The fraction of sp³-hybridized carbons (Fsp3) is 0.474. The van der Waals surface area contributed by atoms with Crippen LogP contribution in [0, 0.1) is 12.3 Å². The van der Waals surface area contributed by atoms with Gasteiger partial charge < -0.3 is 14.6 Å². The van der Waals surface area contributed by atoms with Crippen LogP contribution in [-0.4, -0.2) is 40.0 Å². The predicted octanol–water partition coefficient (Wildman–Crippen LogP) is 2.50. The number of carbonyl (C=O) groups is 2. The number of aromatic nitrogens is 2. The molecule has 0 radical (unpaired) electrons. The van der Waals surface area contributed by atoms with E-state index in [9.17, 15) is 9.59 Å². The van der Waals surface area contributed by atoms with Gasteiger partial charge in [-0.2, -0.15) is 0 Å². The summed E-state index contributed by atoms with van der Waals surface area (Å²) in [5.41, 5.74) is -0.00157. The third-order valence-electron chi connectivity index (χ3n) is 4.81. The molecule has 0 saturated carbocycles. The Labute approximate surface area is 152 Å². The van der Waals surface area contributed by atoms with Crippen molar-refractivity contribution in [3.05, 3.63) is 47.7 Å². The molecule has 1 aromatic carbocycles. The second kappa shape index (κ2) is 7.27. The van der Waals surface area contributed by atoms with Gasteiger partial charge in [-0.3, -0.25) is 9.59 Å². The maximum absolute atomic E-state index is 12.9. The lowest BCUT2D eigenvalue weighted by atomic mass is 9.80. The highest BCUT2D eigenvalue weighted by Crippen LogP contribution is 2.31. The highest BCUT2D eigenvalue weighted by atomic mass is 16.4. The van der Waals surface area contributed by atoms with Crippen molar-refractivity contribution < 1.29 is 14.0 Å². The molecule has 0 bridgehead atoms. The monoisotopic (exact) mass is 356 g/mol. The number of amides is 2. The first kappa shape index (κ1) is 18.1. The molecule has 26 heavy (non-hydrogen) atoms. The number of aryl methyl sites for hydroxylation is 1. The molecule has 7 nitrogen and oxygen atoms in total. The molecular weight excluding hydrogens is 332 g/mol. The van der Waals surface area contributed by atoms with Crippen molar-refractivity contribution >= 4 is 11.8 Å². The van der Waals surface area contributed by atoms with E-state index in [-0.39, 0.29) is 17.9 Å². The summed E-state index contributed by atoms with van der Waals surface area (Å²) in [5.74, 6) is 0.702. The smallest absolute Gasteiger partial charge is 0.253 e. The summed E-state index contributed by atoms with van der Waals surface area (Å²) >= 11 is 0. The quantitative estimate of drug-likeness (QED) is 0.909. The van der Waals surface area contributed by atoms with Gasteiger partial charge in [-0.05, 0) is 38.8 Å². The summed E-state index contributed by atoms with van der Waals surface area (Å²) in [6.07, 6.45) is 1.52. The Bertz CT molecular complexity index is 789. The van der Waals surface area contributed by atoms with Gasteiger partial charge in [-0.25, -0.2) is 0 Å². The lowest BCUT2D eigenvalue weighted by molar-refractivity contribution is -0.133. The summed E-state index contributed by atoms with van der Waals surface area (Å²) < 4.78 is 5.38. The number of hydrogen-bond acceptors (Lipinski definition) is 5. The number of nitrogens with one attached hydrogen (secondary N) is 1. The molecular formula is C19H24N4O3. The van der Waals surface area contributed by atoms with E-state index in [4.69, 9.17) is 4.42 Å². The summed E-state index contributed by atoms with van der Waals surface area (Å²) in [5, 5.41) is 10.7. The molecule has 1 aliphatic rings. The maximum Gasteiger partial charge on any atom is 0.253 e. The average Bonchev–Trinajstić information content (AvgIpc) is 3.08. The zero-order chi connectivity index (χ0) is 18.7. The molecule has 7 heteroatoms. The summed E-state index contributed by atoms with van der Waals surface area (Å²) in [6.45, 7) is 6.47. The summed E-state index contributed by atoms with van der Waals surface area (Å²) in [7, 11) is 0. The number of benzene rings is 1. The highest BCUT2D eigenvalue weighted by Gasteiger charge is 2.40. The van der Waals surface area contributed by atoms with Crippen LogP contribution in [0.1, 0.15) is 54.9 Å². The average molecular weight is 356 g/mol. The van der Waals surface area contributed by atoms with Crippen LogP contribution in [0.15, 0.2) is 34.7 Å². The van der Waals surface area contributed by atoms with Crippen molar-refractivity contribution in [3.63, 3.8) is 0 Å². The number of piperidine rings is 1. The van der Waals surface area contributed by atoms with Gasteiger partial charge in [-0.1, -0.05) is 18.2 Å². The standard InChI is InChI=1S/C19H24N4O3/c1-13(16-22-21-14(2)26-16)20-18(25)19(3)10-7-11-23(12-19)17(24)15-8-5-4-6-9-15/h4-6,8-9,13H,7,10-12H2,1-3H3,(H,20,25)/t13-,19-/m0/s1. The Hall–Kier alpha value is -2.70. The topological polar surface area (TPSA) is 88.3 Å². The van der Waals surface area contributed by atoms with Gasteiger partial charge in [-0.15, -0.1) is 10.2 Å². The molecule has 3 rings (SSSR count). The van der Waals surface area contributed by atoms with E-state index < -0.39 is 5.41 Å². The van der Waals surface area contributed by atoms with Gasteiger partial charge in [0.05, 0.1) is 5.41 Å². The van der Waals surface area contributed by atoms with Gasteiger partial charge in [0, 0.05) is 25.6 Å². The second-order valence-electron chi connectivity index (χ2n) is 7.11. The van der Waals surface area contributed by atoms with E-state index >= 15 is 0 Å². The maximum atomic E-state index is 12.9. The number of carbonyl (C=O) groups excluding carboxylic acids is 2. The highest BCUT2D eigenvalue weighted by molar-refractivity contribution is 5.95. The second-order valence-corrected chi connectivity index (χ2v) is 7.11. The minimum atomic E-state index is -0.647. The molecule has 2 amide bonds. The van der Waals surface area contributed by atoms with Crippen molar-refractivity contribution in [2.24, 2.45) is 5.41 Å². The molecule has 2 aromatic rings. The van der Waals surface area contributed by atoms with Gasteiger partial charge in [0.2, 0.25) is 17.7 Å². The predicted molar refractivity (Wildman–Crippen MR) is 95.3 cm³/mol. The normalized spacial score (nSPS) is 21.3. The van der Waals surface area contributed by atoms with E-state index in [0.29, 0.717) is 30.4 Å². The zero-order valence-corrected chi connectivity index (χ0v) is 15.4. The van der Waals surface area contributed by atoms with Gasteiger partial charge in [0.25, 0.3) is 5.91 Å². The van der Waals surface area contributed by atoms with Crippen LogP contribution in [0.4, 0.5) is 0 Å². The fourth-order valence-electron chi connectivity index (χ4n) is 3.28. The number of hydrogen-bond donors (Lipinski definition) is 1. The first-order valence-corrected chi connectivity index (χ1v) is 8.84. The Morgan fingerprint density at radius 3 is 2.65 bits per heavy atom. The molecule has 1 saturated heterocycles. The van der Waals surface area contributed by atoms with Gasteiger partial charge in [0.15, 0.2) is 0 Å². The van der Waals surface area contributed by atoms with Crippen molar-refractivity contribution in [2.75, 3.05) is 13.1 Å². The first-order chi connectivity index (χ1) is 12.4. The SMILES string of the molecule is Cc1nnc([C@H](C)NC(=O)[C@@]2(C)CCCN(C(=O)c3ccccc3)C2)o1. The molecule has 1 N–H and O–H groups in total. The fourth-order valence-corrected chi connectivity index (χ4v) is 3.28. The Kier molecular flexibility index (Phi) is 5.06. The minimum Gasteiger partial charge on any atom is -0.423 e. The largest absolute Gasteiger partial charge is 0.423 e. The molecule has 1 aliphatic heterocycles. The van der Waals surface area contributed by atoms with Crippen LogP contribution in [0.5, 0.6) is 0 Å². The molecule has 0 aliphatic carbocycles. The van der Waals surface area contributed by atoms with Gasteiger partial charge in [0.1, 0.15) is 6.04 Å². The van der Waals surface area contributed by atoms with E-state index in [1.165, 1.54) is 0 Å². The van der Waals surface area contributed by atoms with Gasteiger partial charge >= 0.3 is 0 Å². The molecule has 1 fully saturated rings. The third-order valence-corrected chi connectivity index (χ3v) is 4.81. The van der Waals surface area contributed by atoms with Crippen molar-refractivity contribution in [1.29, 1.82) is 0 Å². The van der Waals surface area contributed by atoms with Crippen molar-refractivity contribution in [2.45, 2.75) is 39.7 Å². The van der Waals surface area contributed by atoms with E-state index in [1.54, 1.807) is 24.0 Å². The Balaban J connectivity index is 1.68. The van der Waals surface area contributed by atoms with E-state index in [2.05, 4.69) is 15.5 Å². The first-order valence-electron chi connectivity index (χ1n) is 8.84. The van der Waals surface area contributed by atoms with Crippen molar-refractivity contribution in [3.8, 4) is 0 Å². The summed E-state index contributed by atoms with van der Waals surface area (Å²) in [6, 6.07) is 8.79. The Morgan fingerprint density at radius 1 is 1.27 bits per heavy atom. The molecule has 0 spiro atoms. The Morgan fingerprint density at radius 2 is 2.00 bits per heavy atom. The van der Waals surface area contributed by atoms with E-state index in [1.807, 2.05) is 32.0 Å². The summed E-state index contributed by atoms with van der Waals surface area (Å²) in [4.78, 5) is 27.4. The molecule has 0 unspecified atom stereocenters. The lowest BCUT2D eigenvalue weighted by Crippen LogP contribution is -2.52. The van der Waals surface area contributed by atoms with Crippen LogP contribution in [0.25, 0.3) is 0 Å². The number of likely N-dealkylation sites (tertiary alicyclic amines) is 1. The zero-order valence-electron chi connectivity index (χ0n) is 15.4. The molecule has 2 atom stereocenters. The third kappa shape index (κ3) is 3.76. The van der Waals surface area contributed by atoms with E-state index in [0.717, 1.165) is 12.8 Å². The molecule has 138 valence electrons. The van der Waals surface area contributed by atoms with Crippen LogP contribution in [0.2, 0.25) is 0 Å². The van der Waals surface area contributed by atoms with Crippen LogP contribution in [0.3, 0.4) is 0 Å². The van der Waals surface area contributed by atoms with Crippen LogP contribution >= 0.6 is 0 Å². The van der Waals surface area contributed by atoms with Crippen LogP contribution < -0.4 is 5.32 Å². The number of nitrogens with zero attached hydrogens (tertiary/aromatic N) is 3. The molecule has 2 heterocycles. The number of rotatable bonds is 4. The van der Waals surface area contributed by atoms with Crippen LogP contribution in [-0.2, 0) is 4.79 Å². The lowest BCUT2D eigenvalue weighted by Gasteiger charge is -2.39. The van der Waals surface area contributed by atoms with Crippen molar-refractivity contribution in [1.82, 2.24) is 20.4 Å². The minimum absolute atomic E-state index is 0.0371.